The van der Waals surface area contributed by atoms with E-state index in [0.717, 1.165) is 38.8 Å². The number of nitrogens with zero attached hydrogens (tertiary/aromatic N) is 2. The van der Waals surface area contributed by atoms with Crippen molar-refractivity contribution in [3.05, 3.63) is 0 Å². The summed E-state index contributed by atoms with van der Waals surface area (Å²) in [6, 6.07) is 0.409. The van der Waals surface area contributed by atoms with Gasteiger partial charge in [0.25, 0.3) is 0 Å². The summed E-state index contributed by atoms with van der Waals surface area (Å²) in [5, 5.41) is 2.93. The number of rotatable bonds is 5. The van der Waals surface area contributed by atoms with E-state index in [4.69, 9.17) is 0 Å². The van der Waals surface area contributed by atoms with Gasteiger partial charge < -0.3 is 15.1 Å². The fraction of sp³-hybridized carbons (Fsp3) is 0.875. The molecule has 2 fully saturated rings. The van der Waals surface area contributed by atoms with Gasteiger partial charge in [-0.25, -0.2) is 0 Å². The van der Waals surface area contributed by atoms with E-state index in [-0.39, 0.29) is 17.9 Å². The molecule has 0 spiro atoms. The molecule has 5 heteroatoms. The molecule has 2 saturated heterocycles. The van der Waals surface area contributed by atoms with Crippen LogP contribution in [0, 0.1) is 0 Å². The van der Waals surface area contributed by atoms with E-state index in [9.17, 15) is 9.59 Å². The van der Waals surface area contributed by atoms with Crippen LogP contribution in [-0.4, -0.2) is 60.4 Å². The Morgan fingerprint density at radius 2 is 2.05 bits per heavy atom. The molecule has 21 heavy (non-hydrogen) atoms. The van der Waals surface area contributed by atoms with Crippen LogP contribution in [0.15, 0.2) is 0 Å². The molecule has 0 bridgehead atoms. The van der Waals surface area contributed by atoms with Crippen molar-refractivity contribution >= 4 is 11.8 Å². The van der Waals surface area contributed by atoms with Crippen LogP contribution in [0.25, 0.3) is 0 Å². The van der Waals surface area contributed by atoms with E-state index in [1.165, 1.54) is 13.0 Å². The summed E-state index contributed by atoms with van der Waals surface area (Å²) in [7, 11) is 1.92. The lowest BCUT2D eigenvalue weighted by atomic mass is 9.99. The summed E-state index contributed by atoms with van der Waals surface area (Å²) in [6.45, 7) is 5.56. The van der Waals surface area contributed by atoms with Crippen LogP contribution >= 0.6 is 0 Å². The van der Waals surface area contributed by atoms with Gasteiger partial charge in [-0.15, -0.1) is 0 Å². The highest BCUT2D eigenvalue weighted by atomic mass is 16.2. The Kier molecular flexibility index (Phi) is 6.03. The van der Waals surface area contributed by atoms with Crippen molar-refractivity contribution in [2.75, 3.05) is 26.7 Å². The molecule has 0 aliphatic carbocycles. The predicted octanol–water partition coefficient (Wildman–Crippen LogP) is 1.38. The monoisotopic (exact) mass is 295 g/mol. The van der Waals surface area contributed by atoms with Gasteiger partial charge in [-0.05, 0) is 38.6 Å². The Morgan fingerprint density at radius 3 is 2.67 bits per heavy atom. The Labute approximate surface area is 128 Å². The zero-order valence-electron chi connectivity index (χ0n) is 13.4. The smallest absolute Gasteiger partial charge is 0.224 e. The molecule has 1 N–H and O–H groups in total. The first-order valence-corrected chi connectivity index (χ1v) is 8.37. The van der Waals surface area contributed by atoms with Gasteiger partial charge in [0.15, 0.2) is 0 Å². The van der Waals surface area contributed by atoms with Gasteiger partial charge in [0.05, 0.1) is 0 Å². The zero-order chi connectivity index (χ0) is 15.2. The molecule has 0 aromatic carbocycles. The Bertz CT molecular complexity index is 365. The van der Waals surface area contributed by atoms with E-state index in [0.29, 0.717) is 18.9 Å². The fourth-order valence-corrected chi connectivity index (χ4v) is 3.44. The fourth-order valence-electron chi connectivity index (χ4n) is 3.44. The minimum absolute atomic E-state index is 0.0429. The first-order chi connectivity index (χ1) is 10.1. The van der Waals surface area contributed by atoms with Gasteiger partial charge in [-0.2, -0.15) is 0 Å². The Balaban J connectivity index is 1.76. The number of nitrogens with one attached hydrogen (secondary N) is 1. The average Bonchev–Trinajstić information content (AvgIpc) is 2.47. The van der Waals surface area contributed by atoms with E-state index in [1.807, 2.05) is 11.9 Å². The topological polar surface area (TPSA) is 52.7 Å². The first-order valence-electron chi connectivity index (χ1n) is 8.37. The lowest BCUT2D eigenvalue weighted by Gasteiger charge is -2.37. The zero-order valence-corrected chi connectivity index (χ0v) is 13.4. The summed E-state index contributed by atoms with van der Waals surface area (Å²) in [4.78, 5) is 28.2. The van der Waals surface area contributed by atoms with Crippen molar-refractivity contribution in [2.24, 2.45) is 0 Å². The van der Waals surface area contributed by atoms with Crippen molar-refractivity contribution < 1.29 is 9.59 Å². The summed E-state index contributed by atoms with van der Waals surface area (Å²) < 4.78 is 0. The van der Waals surface area contributed by atoms with Gasteiger partial charge in [-0.3, -0.25) is 9.59 Å². The number of hydrogen-bond acceptors (Lipinski definition) is 3. The molecule has 2 amide bonds. The van der Waals surface area contributed by atoms with Crippen LogP contribution in [0.5, 0.6) is 0 Å². The number of likely N-dealkylation sites (tertiary alicyclic amines) is 1. The maximum atomic E-state index is 12.4. The Morgan fingerprint density at radius 1 is 1.33 bits per heavy atom. The lowest BCUT2D eigenvalue weighted by Crippen LogP contribution is -2.48. The third-order valence-corrected chi connectivity index (χ3v) is 4.78. The van der Waals surface area contributed by atoms with Crippen LogP contribution in [-0.2, 0) is 9.59 Å². The third-order valence-electron chi connectivity index (χ3n) is 4.78. The van der Waals surface area contributed by atoms with Crippen molar-refractivity contribution in [2.45, 2.75) is 64.0 Å². The van der Waals surface area contributed by atoms with E-state index in [2.05, 4.69) is 17.1 Å². The van der Waals surface area contributed by atoms with Crippen LogP contribution in [0.2, 0.25) is 0 Å². The maximum absolute atomic E-state index is 12.4. The normalized spacial score (nSPS) is 24.7. The van der Waals surface area contributed by atoms with Gasteiger partial charge in [0, 0.05) is 45.1 Å². The molecule has 1 unspecified atom stereocenters. The van der Waals surface area contributed by atoms with Crippen molar-refractivity contribution in [3.63, 3.8) is 0 Å². The van der Waals surface area contributed by atoms with Gasteiger partial charge in [0.2, 0.25) is 11.8 Å². The van der Waals surface area contributed by atoms with Crippen LogP contribution in [0.3, 0.4) is 0 Å². The number of amides is 2. The van der Waals surface area contributed by atoms with Crippen molar-refractivity contribution in [1.29, 1.82) is 0 Å². The molecule has 0 radical (unpaired) electrons. The molecule has 0 saturated carbocycles. The molecule has 5 nitrogen and oxygen atoms in total. The Hall–Kier alpha value is -1.10. The second kappa shape index (κ2) is 7.78. The highest BCUT2D eigenvalue weighted by molar-refractivity contribution is 5.80. The largest absolute Gasteiger partial charge is 0.353 e. The third kappa shape index (κ3) is 4.70. The lowest BCUT2D eigenvalue weighted by molar-refractivity contribution is -0.134. The molecule has 2 aliphatic rings. The molecular formula is C16H29N3O2. The SMILES string of the molecule is CCCN1CCC(N(C)C(=O)CC2CCCC(=O)N2)CC1. The number of carbonyl (C=O) groups is 2. The number of carbonyl (C=O) groups excluding carboxylic acids is 2. The molecule has 2 rings (SSSR count). The summed E-state index contributed by atoms with van der Waals surface area (Å²) in [5.74, 6) is 0.269. The second-order valence-electron chi connectivity index (χ2n) is 6.44. The highest BCUT2D eigenvalue weighted by Gasteiger charge is 2.27. The molecular weight excluding hydrogens is 266 g/mol. The number of hydrogen-bond donors (Lipinski definition) is 1. The van der Waals surface area contributed by atoms with Gasteiger partial charge in [-0.1, -0.05) is 6.92 Å². The van der Waals surface area contributed by atoms with Crippen LogP contribution < -0.4 is 5.32 Å². The molecule has 0 aromatic rings. The van der Waals surface area contributed by atoms with E-state index >= 15 is 0 Å². The molecule has 2 aliphatic heterocycles. The minimum atomic E-state index is 0.0429. The maximum Gasteiger partial charge on any atom is 0.224 e. The average molecular weight is 295 g/mol. The first kappa shape index (κ1) is 16.3. The van der Waals surface area contributed by atoms with Crippen LogP contribution in [0.1, 0.15) is 51.9 Å². The van der Waals surface area contributed by atoms with Gasteiger partial charge in [0.1, 0.15) is 0 Å². The quantitative estimate of drug-likeness (QED) is 0.833. The summed E-state index contributed by atoms with van der Waals surface area (Å²) in [5.41, 5.74) is 0. The second-order valence-corrected chi connectivity index (χ2v) is 6.44. The molecule has 1 atom stereocenters. The van der Waals surface area contributed by atoms with Gasteiger partial charge >= 0.3 is 0 Å². The standard InChI is InChI=1S/C16H29N3O2/c1-3-9-19-10-7-14(8-11-19)18(2)16(21)12-13-5-4-6-15(20)17-13/h13-14H,3-12H2,1-2H3,(H,17,20). The molecule has 0 aromatic heterocycles. The summed E-state index contributed by atoms with van der Waals surface area (Å²) in [6.07, 6.45) is 6.23. The molecule has 120 valence electrons. The minimum Gasteiger partial charge on any atom is -0.353 e. The number of piperidine rings is 2. The van der Waals surface area contributed by atoms with Crippen molar-refractivity contribution in [1.82, 2.24) is 15.1 Å². The highest BCUT2D eigenvalue weighted by Crippen LogP contribution is 2.18. The van der Waals surface area contributed by atoms with Crippen molar-refractivity contribution in [3.8, 4) is 0 Å². The van der Waals surface area contributed by atoms with E-state index in [1.54, 1.807) is 0 Å². The molecule has 2 heterocycles. The summed E-state index contributed by atoms with van der Waals surface area (Å²) >= 11 is 0. The van der Waals surface area contributed by atoms with E-state index < -0.39 is 0 Å². The van der Waals surface area contributed by atoms with Crippen LogP contribution in [0.4, 0.5) is 0 Å². The predicted molar refractivity (Wildman–Crippen MR) is 82.9 cm³/mol.